The Morgan fingerprint density at radius 1 is 1.31 bits per heavy atom. The molecular weight excluding hydrogens is 413 g/mol. The van der Waals surface area contributed by atoms with Crippen LogP contribution in [0.5, 0.6) is 0 Å². The highest BCUT2D eigenvalue weighted by molar-refractivity contribution is 5.93. The van der Waals surface area contributed by atoms with Crippen LogP contribution in [-0.2, 0) is 20.1 Å². The number of piperidine rings is 1. The minimum absolute atomic E-state index is 0. The van der Waals surface area contributed by atoms with Crippen LogP contribution in [0.25, 0.3) is 0 Å². The number of halogens is 2. The highest BCUT2D eigenvalue weighted by atomic mass is 35.5. The molecule has 1 N–H and O–H groups in total. The first-order valence-electron chi connectivity index (χ1n) is 9.78. The van der Waals surface area contributed by atoms with Crippen LogP contribution in [0.4, 0.5) is 0 Å². The standard InChI is InChI=1S/C20H27N5O2.2ClH/c1-3-7-24(13-18-22-6-8-23(18)2)19(26)16-4-5-17-15-9-14(10-21-11-15)12-25(17)20(16)27;;/h4-6,8,14-15,21H,3,7,9-13H2,1-2H3;2*1H/t14-,15+;;/m0../s1. The minimum atomic E-state index is -0.200. The van der Waals surface area contributed by atoms with Gasteiger partial charge in [-0.15, -0.1) is 24.8 Å². The van der Waals surface area contributed by atoms with E-state index < -0.39 is 0 Å². The number of pyridine rings is 1. The van der Waals surface area contributed by atoms with Gasteiger partial charge in [-0.25, -0.2) is 4.98 Å². The number of hydrogen-bond donors (Lipinski definition) is 1. The fourth-order valence-electron chi connectivity index (χ4n) is 4.37. The first-order valence-corrected chi connectivity index (χ1v) is 9.78. The second-order valence-electron chi connectivity index (χ2n) is 7.73. The van der Waals surface area contributed by atoms with Crippen molar-refractivity contribution in [3.63, 3.8) is 0 Å². The normalized spacial score (nSPS) is 19.5. The van der Waals surface area contributed by atoms with Gasteiger partial charge in [-0.05, 0) is 37.4 Å². The highest BCUT2D eigenvalue weighted by Crippen LogP contribution is 2.31. The maximum Gasteiger partial charge on any atom is 0.263 e. The van der Waals surface area contributed by atoms with E-state index in [0.29, 0.717) is 31.5 Å². The van der Waals surface area contributed by atoms with E-state index in [1.54, 1.807) is 17.2 Å². The zero-order valence-electron chi connectivity index (χ0n) is 16.8. The molecule has 2 aromatic heterocycles. The van der Waals surface area contributed by atoms with Gasteiger partial charge in [0.05, 0.1) is 6.54 Å². The van der Waals surface area contributed by atoms with Crippen molar-refractivity contribution in [2.75, 3.05) is 19.6 Å². The molecule has 0 radical (unpaired) electrons. The number of imidazole rings is 1. The fourth-order valence-corrected chi connectivity index (χ4v) is 4.37. The van der Waals surface area contributed by atoms with Crippen molar-refractivity contribution >= 4 is 30.7 Å². The molecule has 1 amide bonds. The van der Waals surface area contributed by atoms with Crippen molar-refractivity contribution in [1.29, 1.82) is 0 Å². The number of aromatic nitrogens is 3. The number of carbonyl (C=O) groups excluding carboxylic acids is 1. The molecule has 4 heterocycles. The van der Waals surface area contributed by atoms with Crippen molar-refractivity contribution in [2.24, 2.45) is 13.0 Å². The lowest BCUT2D eigenvalue weighted by molar-refractivity contribution is 0.0734. The third kappa shape index (κ3) is 4.52. The molecule has 0 saturated carbocycles. The lowest BCUT2D eigenvalue weighted by atomic mass is 9.84. The summed E-state index contributed by atoms with van der Waals surface area (Å²) in [5.41, 5.74) is 1.19. The van der Waals surface area contributed by atoms with Crippen LogP contribution in [0, 0.1) is 5.92 Å². The van der Waals surface area contributed by atoms with Gasteiger partial charge in [0.15, 0.2) is 0 Å². The molecule has 1 saturated heterocycles. The van der Waals surface area contributed by atoms with Gasteiger partial charge in [-0.1, -0.05) is 6.92 Å². The summed E-state index contributed by atoms with van der Waals surface area (Å²) in [6, 6.07) is 3.71. The summed E-state index contributed by atoms with van der Waals surface area (Å²) >= 11 is 0. The monoisotopic (exact) mass is 441 g/mol. The Morgan fingerprint density at radius 2 is 2.10 bits per heavy atom. The van der Waals surface area contributed by atoms with Crippen molar-refractivity contribution < 1.29 is 4.79 Å². The number of hydrogen-bond acceptors (Lipinski definition) is 4. The summed E-state index contributed by atoms with van der Waals surface area (Å²) in [6.45, 7) is 5.60. The van der Waals surface area contributed by atoms with Gasteiger partial charge in [0.25, 0.3) is 11.5 Å². The van der Waals surface area contributed by atoms with Gasteiger partial charge in [0, 0.05) is 50.7 Å². The molecule has 2 aliphatic rings. The molecule has 1 fully saturated rings. The van der Waals surface area contributed by atoms with Crippen LogP contribution in [-0.4, -0.2) is 44.6 Å². The van der Waals surface area contributed by atoms with Gasteiger partial charge in [0.2, 0.25) is 0 Å². The van der Waals surface area contributed by atoms with Gasteiger partial charge in [0.1, 0.15) is 11.4 Å². The fraction of sp³-hybridized carbons (Fsp3) is 0.550. The van der Waals surface area contributed by atoms with E-state index in [2.05, 4.69) is 10.3 Å². The molecule has 2 bridgehead atoms. The van der Waals surface area contributed by atoms with Crippen LogP contribution in [0.15, 0.2) is 29.3 Å². The van der Waals surface area contributed by atoms with E-state index in [0.717, 1.165) is 37.4 Å². The first kappa shape index (κ1) is 23.4. The predicted octanol–water partition coefficient (Wildman–Crippen LogP) is 2.18. The number of carbonyl (C=O) groups is 1. The van der Waals surface area contributed by atoms with Gasteiger partial charge < -0.3 is 19.4 Å². The molecule has 160 valence electrons. The SMILES string of the molecule is CCCN(Cc1nccn1C)C(=O)c1ccc2n(c1=O)C[C@@H]1CNC[C@H]2C1.Cl.Cl. The molecule has 0 unspecified atom stereocenters. The smallest absolute Gasteiger partial charge is 0.263 e. The second kappa shape index (κ2) is 9.78. The number of nitrogens with one attached hydrogen (secondary N) is 1. The summed E-state index contributed by atoms with van der Waals surface area (Å²) in [6.07, 6.45) is 5.55. The number of amides is 1. The van der Waals surface area contributed by atoms with E-state index >= 15 is 0 Å². The Morgan fingerprint density at radius 3 is 2.79 bits per heavy atom. The predicted molar refractivity (Wildman–Crippen MR) is 117 cm³/mol. The minimum Gasteiger partial charge on any atom is -0.337 e. The summed E-state index contributed by atoms with van der Waals surface area (Å²) in [4.78, 5) is 32.4. The molecule has 7 nitrogen and oxygen atoms in total. The number of rotatable bonds is 5. The topological polar surface area (TPSA) is 72.2 Å². The number of aryl methyl sites for hydroxylation is 1. The maximum atomic E-state index is 13.2. The van der Waals surface area contributed by atoms with E-state index in [1.165, 1.54) is 0 Å². The number of fused-ring (bicyclic) bond motifs is 4. The summed E-state index contributed by atoms with van der Waals surface area (Å²) in [7, 11) is 1.91. The van der Waals surface area contributed by atoms with Crippen molar-refractivity contribution in [1.82, 2.24) is 24.3 Å². The van der Waals surface area contributed by atoms with Gasteiger partial charge in [-0.2, -0.15) is 0 Å². The molecule has 4 rings (SSSR count). The zero-order chi connectivity index (χ0) is 19.0. The zero-order valence-corrected chi connectivity index (χ0v) is 18.5. The van der Waals surface area contributed by atoms with Gasteiger partial charge >= 0.3 is 0 Å². The molecular formula is C20H29Cl2N5O2. The average molecular weight is 442 g/mol. The second-order valence-corrected chi connectivity index (χ2v) is 7.73. The van der Waals surface area contributed by atoms with E-state index in [4.69, 9.17) is 0 Å². The van der Waals surface area contributed by atoms with Crippen LogP contribution in [0.3, 0.4) is 0 Å². The Balaban J connectivity index is 0.00000150. The molecule has 2 aromatic rings. The van der Waals surface area contributed by atoms with Gasteiger partial charge in [-0.3, -0.25) is 9.59 Å². The van der Waals surface area contributed by atoms with Crippen LogP contribution < -0.4 is 10.9 Å². The van der Waals surface area contributed by atoms with Crippen LogP contribution in [0.1, 0.15) is 47.6 Å². The molecule has 0 spiro atoms. The third-order valence-electron chi connectivity index (χ3n) is 5.77. The molecule has 2 aliphatic heterocycles. The van der Waals surface area contributed by atoms with Crippen LogP contribution >= 0.6 is 24.8 Å². The lowest BCUT2D eigenvalue weighted by Crippen LogP contribution is -2.46. The van der Waals surface area contributed by atoms with E-state index in [-0.39, 0.29) is 41.8 Å². The molecule has 9 heteroatoms. The Bertz CT molecular complexity index is 911. The quantitative estimate of drug-likeness (QED) is 0.771. The third-order valence-corrected chi connectivity index (χ3v) is 5.77. The number of nitrogens with zero attached hydrogens (tertiary/aromatic N) is 4. The van der Waals surface area contributed by atoms with Crippen molar-refractivity contribution in [3.05, 3.63) is 52.0 Å². The molecule has 0 aromatic carbocycles. The molecule has 2 atom stereocenters. The Hall–Kier alpha value is -1.83. The largest absolute Gasteiger partial charge is 0.337 e. The van der Waals surface area contributed by atoms with Crippen molar-refractivity contribution in [3.8, 4) is 0 Å². The average Bonchev–Trinajstić information content (AvgIpc) is 3.07. The molecule has 0 aliphatic carbocycles. The van der Waals surface area contributed by atoms with E-state index in [1.807, 2.05) is 35.4 Å². The van der Waals surface area contributed by atoms with Crippen molar-refractivity contribution in [2.45, 2.75) is 38.8 Å². The Labute approximate surface area is 183 Å². The first-order chi connectivity index (χ1) is 13.1. The molecule has 29 heavy (non-hydrogen) atoms. The summed E-state index contributed by atoms with van der Waals surface area (Å²) < 4.78 is 3.75. The highest BCUT2D eigenvalue weighted by Gasteiger charge is 2.32. The maximum absolute atomic E-state index is 13.2. The summed E-state index contributed by atoms with van der Waals surface area (Å²) in [5, 5.41) is 3.45. The van der Waals surface area contributed by atoms with Crippen LogP contribution in [0.2, 0.25) is 0 Å². The van der Waals surface area contributed by atoms with E-state index in [9.17, 15) is 9.59 Å². The Kier molecular flexibility index (Phi) is 7.91. The summed E-state index contributed by atoms with van der Waals surface area (Å²) in [5.74, 6) is 1.46. The lowest BCUT2D eigenvalue weighted by Gasteiger charge is -2.37.